The molecule has 1 rings (SSSR count). The van der Waals surface area contributed by atoms with E-state index in [-0.39, 0.29) is 17.3 Å². The summed E-state index contributed by atoms with van der Waals surface area (Å²) in [6, 6.07) is 0. The zero-order valence-electron chi connectivity index (χ0n) is 10.1. The van der Waals surface area contributed by atoms with E-state index in [9.17, 15) is 13.2 Å². The summed E-state index contributed by atoms with van der Waals surface area (Å²) in [6.07, 6.45) is -3.45. The highest BCUT2D eigenvalue weighted by atomic mass is 35.5. The maximum atomic E-state index is 12.8. The van der Waals surface area contributed by atoms with Crippen LogP contribution in [0.15, 0.2) is 6.20 Å². The third-order valence-electron chi connectivity index (χ3n) is 2.32. The van der Waals surface area contributed by atoms with Crippen molar-refractivity contribution in [3.63, 3.8) is 0 Å². The molecule has 7 heteroatoms. The van der Waals surface area contributed by atoms with Crippen LogP contribution in [0.2, 0.25) is 0 Å². The number of hydrogen-bond donors (Lipinski definition) is 0. The van der Waals surface area contributed by atoms with E-state index in [0.29, 0.717) is 13.0 Å². The number of nitrogens with zero attached hydrogens (tertiary/aromatic N) is 2. The minimum Gasteiger partial charge on any atom is -0.371 e. The van der Waals surface area contributed by atoms with Gasteiger partial charge in [-0.3, -0.25) is 0 Å². The summed E-state index contributed by atoms with van der Waals surface area (Å²) in [4.78, 5) is 7.45. The predicted octanol–water partition coefficient (Wildman–Crippen LogP) is 3.72. The fraction of sp³-hybridized carbons (Fsp3) is 0.636. The van der Waals surface area contributed by atoms with E-state index in [0.717, 1.165) is 6.20 Å². The van der Waals surface area contributed by atoms with Gasteiger partial charge < -0.3 is 4.74 Å². The number of alkyl halides is 4. The van der Waals surface area contributed by atoms with Gasteiger partial charge in [-0.05, 0) is 13.3 Å². The van der Waals surface area contributed by atoms with Crippen LogP contribution < -0.4 is 0 Å². The Morgan fingerprint density at radius 2 is 2.06 bits per heavy atom. The Morgan fingerprint density at radius 3 is 2.50 bits per heavy atom. The Labute approximate surface area is 108 Å². The Balaban J connectivity index is 3.17. The molecular formula is C11H14ClF3N2O. The molecule has 1 unspecified atom stereocenters. The first-order valence-electron chi connectivity index (χ1n) is 5.54. The Morgan fingerprint density at radius 1 is 1.39 bits per heavy atom. The lowest BCUT2D eigenvalue weighted by Crippen LogP contribution is -2.17. The second-order valence-electron chi connectivity index (χ2n) is 3.59. The van der Waals surface area contributed by atoms with Crippen molar-refractivity contribution in [1.29, 1.82) is 0 Å². The minimum absolute atomic E-state index is 0.0422. The SMILES string of the molecule is CCOC(CC)c1ncc(CCl)c(C(F)(F)F)n1. The summed E-state index contributed by atoms with van der Waals surface area (Å²) >= 11 is 5.45. The number of hydrogen-bond acceptors (Lipinski definition) is 3. The molecule has 1 atom stereocenters. The number of rotatable bonds is 5. The van der Waals surface area contributed by atoms with E-state index in [4.69, 9.17) is 16.3 Å². The van der Waals surface area contributed by atoms with Gasteiger partial charge in [0.1, 0.15) is 6.10 Å². The van der Waals surface area contributed by atoms with Gasteiger partial charge in [0.25, 0.3) is 0 Å². The molecule has 1 heterocycles. The molecule has 0 radical (unpaired) electrons. The zero-order chi connectivity index (χ0) is 13.8. The van der Waals surface area contributed by atoms with Crippen LogP contribution in [0.1, 0.15) is 43.5 Å². The van der Waals surface area contributed by atoms with Gasteiger partial charge in [-0.1, -0.05) is 6.92 Å². The Hall–Kier alpha value is -0.880. The molecule has 18 heavy (non-hydrogen) atoms. The molecule has 1 aromatic rings. The summed E-state index contributed by atoms with van der Waals surface area (Å²) in [6.45, 7) is 3.95. The van der Waals surface area contributed by atoms with E-state index < -0.39 is 18.0 Å². The van der Waals surface area contributed by atoms with Crippen molar-refractivity contribution in [2.75, 3.05) is 6.61 Å². The molecule has 0 bridgehead atoms. The molecular weight excluding hydrogens is 269 g/mol. The molecule has 0 aromatic carbocycles. The average Bonchev–Trinajstić information content (AvgIpc) is 2.34. The highest BCUT2D eigenvalue weighted by molar-refractivity contribution is 6.17. The van der Waals surface area contributed by atoms with E-state index in [2.05, 4.69) is 9.97 Å². The predicted molar refractivity (Wildman–Crippen MR) is 61.2 cm³/mol. The largest absolute Gasteiger partial charge is 0.433 e. The summed E-state index contributed by atoms with van der Waals surface area (Å²) in [7, 11) is 0. The van der Waals surface area contributed by atoms with Crippen LogP contribution in [-0.2, 0) is 16.8 Å². The quantitative estimate of drug-likeness (QED) is 0.772. The van der Waals surface area contributed by atoms with Gasteiger partial charge in [0.05, 0.1) is 5.88 Å². The van der Waals surface area contributed by atoms with Gasteiger partial charge in [0.15, 0.2) is 11.5 Å². The van der Waals surface area contributed by atoms with Crippen LogP contribution in [0, 0.1) is 0 Å². The lowest BCUT2D eigenvalue weighted by Gasteiger charge is -2.16. The molecule has 0 spiro atoms. The normalized spacial score (nSPS) is 13.7. The van der Waals surface area contributed by atoms with E-state index in [1.807, 2.05) is 0 Å². The number of ether oxygens (including phenoxy) is 1. The molecule has 0 aliphatic heterocycles. The van der Waals surface area contributed by atoms with Crippen molar-refractivity contribution >= 4 is 11.6 Å². The molecule has 1 aromatic heterocycles. The van der Waals surface area contributed by atoms with Crippen molar-refractivity contribution in [2.24, 2.45) is 0 Å². The Bertz CT molecular complexity index is 398. The highest BCUT2D eigenvalue weighted by Gasteiger charge is 2.36. The molecule has 0 amide bonds. The molecule has 102 valence electrons. The zero-order valence-corrected chi connectivity index (χ0v) is 10.8. The minimum atomic E-state index is -4.54. The lowest BCUT2D eigenvalue weighted by molar-refractivity contribution is -0.142. The van der Waals surface area contributed by atoms with Crippen molar-refractivity contribution in [3.8, 4) is 0 Å². The van der Waals surface area contributed by atoms with Crippen LogP contribution >= 0.6 is 11.6 Å². The van der Waals surface area contributed by atoms with Crippen LogP contribution in [0.3, 0.4) is 0 Å². The fourth-order valence-electron chi connectivity index (χ4n) is 1.49. The smallest absolute Gasteiger partial charge is 0.371 e. The third-order valence-corrected chi connectivity index (χ3v) is 2.61. The number of halogens is 4. The molecule has 0 saturated heterocycles. The number of aromatic nitrogens is 2. The van der Waals surface area contributed by atoms with Crippen LogP contribution in [0.4, 0.5) is 13.2 Å². The molecule has 0 fully saturated rings. The van der Waals surface area contributed by atoms with Gasteiger partial charge in [0.2, 0.25) is 0 Å². The fourth-order valence-corrected chi connectivity index (χ4v) is 1.69. The second kappa shape index (κ2) is 6.33. The maximum absolute atomic E-state index is 12.8. The van der Waals surface area contributed by atoms with Crippen LogP contribution in [0.25, 0.3) is 0 Å². The van der Waals surface area contributed by atoms with E-state index >= 15 is 0 Å². The summed E-state index contributed by atoms with van der Waals surface area (Å²) < 4.78 is 43.6. The van der Waals surface area contributed by atoms with Gasteiger partial charge in [0, 0.05) is 18.4 Å². The lowest BCUT2D eigenvalue weighted by atomic mass is 10.2. The topological polar surface area (TPSA) is 35.0 Å². The van der Waals surface area contributed by atoms with Crippen molar-refractivity contribution < 1.29 is 17.9 Å². The molecule has 0 aliphatic carbocycles. The van der Waals surface area contributed by atoms with Gasteiger partial charge in [-0.15, -0.1) is 11.6 Å². The first-order chi connectivity index (χ1) is 8.43. The second-order valence-corrected chi connectivity index (χ2v) is 3.85. The summed E-state index contributed by atoms with van der Waals surface area (Å²) in [5, 5.41) is 0. The average molecular weight is 283 g/mol. The Kier molecular flexibility index (Phi) is 5.34. The van der Waals surface area contributed by atoms with Gasteiger partial charge in [-0.25, -0.2) is 9.97 Å². The molecule has 0 aliphatic rings. The van der Waals surface area contributed by atoms with Crippen molar-refractivity contribution in [2.45, 2.75) is 38.4 Å². The van der Waals surface area contributed by atoms with E-state index in [1.165, 1.54) is 0 Å². The molecule has 0 saturated carbocycles. The van der Waals surface area contributed by atoms with Crippen LogP contribution in [-0.4, -0.2) is 16.6 Å². The first-order valence-corrected chi connectivity index (χ1v) is 6.08. The van der Waals surface area contributed by atoms with Gasteiger partial charge >= 0.3 is 6.18 Å². The van der Waals surface area contributed by atoms with Crippen molar-refractivity contribution in [1.82, 2.24) is 9.97 Å². The van der Waals surface area contributed by atoms with Crippen LogP contribution in [0.5, 0.6) is 0 Å². The van der Waals surface area contributed by atoms with Gasteiger partial charge in [-0.2, -0.15) is 13.2 Å². The third kappa shape index (κ3) is 3.55. The standard InChI is InChI=1S/C11H14ClF3N2O/c1-3-8(18-4-2)10-16-6-7(5-12)9(17-10)11(13,14)15/h6,8H,3-5H2,1-2H3. The summed E-state index contributed by atoms with van der Waals surface area (Å²) in [5.41, 5.74) is -1.11. The monoisotopic (exact) mass is 282 g/mol. The van der Waals surface area contributed by atoms with E-state index in [1.54, 1.807) is 13.8 Å². The molecule has 0 N–H and O–H groups in total. The maximum Gasteiger partial charge on any atom is 0.433 e. The summed E-state index contributed by atoms with van der Waals surface area (Å²) in [5.74, 6) is -0.235. The highest BCUT2D eigenvalue weighted by Crippen LogP contribution is 2.32. The molecule has 3 nitrogen and oxygen atoms in total. The van der Waals surface area contributed by atoms with Crippen molar-refractivity contribution in [3.05, 3.63) is 23.3 Å². The first kappa shape index (κ1) is 15.2.